The van der Waals surface area contributed by atoms with Gasteiger partial charge in [-0.1, -0.05) is 23.2 Å². The second kappa shape index (κ2) is 5.02. The molecule has 70 valence electrons. The molecule has 0 N–H and O–H groups in total. The van der Waals surface area contributed by atoms with Gasteiger partial charge in [-0.05, 0) is 25.4 Å². The minimum Gasteiger partial charge on any atom is -0.653 e. The summed E-state index contributed by atoms with van der Waals surface area (Å²) in [4.78, 5) is 0. The number of hydrogen-bond acceptors (Lipinski definition) is 1. The lowest BCUT2D eigenvalue weighted by atomic mass is 10.5. The van der Waals surface area contributed by atoms with Crippen molar-refractivity contribution in [2.75, 3.05) is 13.1 Å². The molecular weight excluding hydrogens is 220 g/mol. The van der Waals surface area contributed by atoms with Crippen LogP contribution in [0, 0.1) is 0 Å². The second-order valence-corrected chi connectivity index (χ2v) is 3.50. The number of halogens is 3. The lowest BCUT2D eigenvalue weighted by Crippen LogP contribution is -2.39. The van der Waals surface area contributed by atoms with E-state index in [4.69, 9.17) is 40.3 Å². The Kier molecular flexibility index (Phi) is 5.09. The Hall–Kier alpha value is 0.170. The normalized spacial score (nSPS) is 11.1. The average molecular weight is 231 g/mol. The summed E-state index contributed by atoms with van der Waals surface area (Å²) in [5, 5.41) is 3.29. The molecule has 0 bridgehead atoms. The fraction of sp³-hybridized carbons (Fsp3) is 0.667. The maximum absolute atomic E-state index is 8.76. The second-order valence-electron chi connectivity index (χ2n) is 2.20. The Morgan fingerprint density at radius 2 is 1.67 bits per heavy atom. The van der Waals surface area contributed by atoms with Gasteiger partial charge >= 0.3 is 0 Å². The van der Waals surface area contributed by atoms with Crippen molar-refractivity contribution < 1.29 is 4.59 Å². The van der Waals surface area contributed by atoms with E-state index < -0.39 is 0 Å². The molecule has 6 heteroatoms. The first-order chi connectivity index (χ1) is 5.54. The molecule has 0 atom stereocenters. The summed E-state index contributed by atoms with van der Waals surface area (Å²) in [7, 11) is 0. The van der Waals surface area contributed by atoms with Crippen molar-refractivity contribution in [1.82, 2.24) is 0 Å². The summed E-state index contributed by atoms with van der Waals surface area (Å²) in [5.74, 6) is 0. The Morgan fingerprint density at radius 3 is 1.75 bits per heavy atom. The average Bonchev–Trinajstić information content (AvgIpc) is 2.08. The molecule has 0 fully saturated rings. The number of quaternary nitrogens is 1. The first kappa shape index (κ1) is 12.2. The SMILES string of the molecule is CC[N+](CC)(N=[N-])C(Cl)=C(Cl)Cl. The van der Waals surface area contributed by atoms with E-state index in [1.54, 1.807) is 0 Å². The maximum atomic E-state index is 8.76. The van der Waals surface area contributed by atoms with Crippen LogP contribution >= 0.6 is 34.8 Å². The van der Waals surface area contributed by atoms with Crippen LogP contribution < -0.4 is 0 Å². The van der Waals surface area contributed by atoms with Crippen molar-refractivity contribution in [3.05, 3.63) is 15.2 Å². The first-order valence-electron chi connectivity index (χ1n) is 3.49. The molecule has 0 amide bonds. The lowest BCUT2D eigenvalue weighted by molar-refractivity contribution is -0.890. The zero-order valence-electron chi connectivity index (χ0n) is 6.89. The van der Waals surface area contributed by atoms with E-state index in [0.717, 1.165) is 0 Å². The van der Waals surface area contributed by atoms with Gasteiger partial charge in [-0.15, -0.1) is 0 Å². The summed E-state index contributed by atoms with van der Waals surface area (Å²) in [5.41, 5.74) is 8.76. The summed E-state index contributed by atoms with van der Waals surface area (Å²) in [6.45, 7) is 4.63. The van der Waals surface area contributed by atoms with Gasteiger partial charge in [0, 0.05) is 0 Å². The van der Waals surface area contributed by atoms with Crippen molar-refractivity contribution in [3.8, 4) is 0 Å². The van der Waals surface area contributed by atoms with Gasteiger partial charge in [-0.2, -0.15) is 4.59 Å². The largest absolute Gasteiger partial charge is 0.653 e. The van der Waals surface area contributed by atoms with E-state index in [0.29, 0.717) is 13.1 Å². The molecule has 0 aliphatic carbocycles. The van der Waals surface area contributed by atoms with Gasteiger partial charge in [0.15, 0.2) is 4.49 Å². The van der Waals surface area contributed by atoms with Gasteiger partial charge in [0.05, 0.1) is 0 Å². The van der Waals surface area contributed by atoms with E-state index in [1.165, 1.54) is 0 Å². The summed E-state index contributed by atoms with van der Waals surface area (Å²) >= 11 is 16.7. The van der Waals surface area contributed by atoms with Crippen LogP contribution in [0.15, 0.2) is 14.9 Å². The Bertz CT molecular complexity index is 194. The molecule has 0 aromatic carbocycles. The van der Waals surface area contributed by atoms with Crippen LogP contribution in [0.2, 0.25) is 0 Å². The van der Waals surface area contributed by atoms with Crippen LogP contribution in [-0.2, 0) is 0 Å². The quantitative estimate of drug-likeness (QED) is 0.306. The van der Waals surface area contributed by atoms with Crippen molar-refractivity contribution in [1.29, 1.82) is 0 Å². The van der Waals surface area contributed by atoms with E-state index in [-0.39, 0.29) is 14.2 Å². The van der Waals surface area contributed by atoms with Gasteiger partial charge in [0.25, 0.3) is 5.16 Å². The van der Waals surface area contributed by atoms with E-state index in [1.807, 2.05) is 13.8 Å². The third kappa shape index (κ3) is 2.33. The van der Waals surface area contributed by atoms with Crippen molar-refractivity contribution in [2.24, 2.45) is 5.22 Å². The molecule has 0 spiro atoms. The molecule has 0 unspecified atom stereocenters. The summed E-state index contributed by atoms with van der Waals surface area (Å²) in [6.07, 6.45) is 0. The zero-order chi connectivity index (χ0) is 9.78. The standard InChI is InChI=1S/C6H10Cl3N3/c1-3-12(4-2,11-10)6(9)5(7)8/h3-4H2,1-2H3. The minimum atomic E-state index is -0.163. The van der Waals surface area contributed by atoms with Gasteiger partial charge < -0.3 is 5.53 Å². The third-order valence-corrected chi connectivity index (χ3v) is 2.79. The van der Waals surface area contributed by atoms with Gasteiger partial charge in [0.2, 0.25) is 0 Å². The van der Waals surface area contributed by atoms with Gasteiger partial charge in [-0.3, -0.25) is 0 Å². The van der Waals surface area contributed by atoms with Crippen LogP contribution in [-0.4, -0.2) is 17.7 Å². The van der Waals surface area contributed by atoms with E-state index in [2.05, 4.69) is 5.22 Å². The molecule has 0 rings (SSSR count). The van der Waals surface area contributed by atoms with Crippen molar-refractivity contribution in [2.45, 2.75) is 13.8 Å². The van der Waals surface area contributed by atoms with Gasteiger partial charge in [0.1, 0.15) is 13.1 Å². The monoisotopic (exact) mass is 229 g/mol. The van der Waals surface area contributed by atoms with Crippen LogP contribution in [0.1, 0.15) is 13.8 Å². The molecular formula is C6H10Cl3N3. The predicted molar refractivity (Wildman–Crippen MR) is 51.7 cm³/mol. The molecule has 0 aromatic heterocycles. The fourth-order valence-corrected chi connectivity index (χ4v) is 1.41. The molecule has 0 aliphatic rings. The highest BCUT2D eigenvalue weighted by molar-refractivity contribution is 6.59. The minimum absolute atomic E-state index is 0.0711. The van der Waals surface area contributed by atoms with Crippen LogP contribution in [0.4, 0.5) is 0 Å². The highest BCUT2D eigenvalue weighted by Crippen LogP contribution is 2.29. The molecule has 3 nitrogen and oxygen atoms in total. The van der Waals surface area contributed by atoms with Crippen LogP contribution in [0.3, 0.4) is 0 Å². The van der Waals surface area contributed by atoms with Gasteiger partial charge in [-0.25, -0.2) is 5.22 Å². The van der Waals surface area contributed by atoms with Crippen molar-refractivity contribution in [3.63, 3.8) is 0 Å². The zero-order valence-corrected chi connectivity index (χ0v) is 9.16. The molecule has 0 saturated carbocycles. The highest BCUT2D eigenvalue weighted by Gasteiger charge is 2.28. The predicted octanol–water partition coefficient (Wildman–Crippen LogP) is 3.62. The maximum Gasteiger partial charge on any atom is 0.257 e. The Balaban J connectivity index is 4.97. The van der Waals surface area contributed by atoms with Crippen LogP contribution in [0.5, 0.6) is 0 Å². The van der Waals surface area contributed by atoms with Crippen LogP contribution in [0.25, 0.3) is 5.53 Å². The van der Waals surface area contributed by atoms with Crippen molar-refractivity contribution >= 4 is 34.8 Å². The molecule has 0 aliphatic heterocycles. The Labute approximate surface area is 87.0 Å². The fourth-order valence-electron chi connectivity index (χ4n) is 0.824. The third-order valence-electron chi connectivity index (χ3n) is 1.74. The summed E-state index contributed by atoms with van der Waals surface area (Å²) in [6, 6.07) is 0. The number of nitrogens with zero attached hydrogens (tertiary/aromatic N) is 3. The molecule has 12 heavy (non-hydrogen) atoms. The molecule has 0 radical (unpaired) electrons. The number of rotatable bonds is 4. The Morgan fingerprint density at radius 1 is 1.25 bits per heavy atom. The first-order valence-corrected chi connectivity index (χ1v) is 4.62. The molecule has 0 aromatic rings. The molecule has 0 saturated heterocycles. The smallest absolute Gasteiger partial charge is 0.257 e. The number of hydrogen-bond donors (Lipinski definition) is 0. The van der Waals surface area contributed by atoms with E-state index >= 15 is 0 Å². The molecule has 0 heterocycles. The van der Waals surface area contributed by atoms with E-state index in [9.17, 15) is 0 Å². The highest BCUT2D eigenvalue weighted by atomic mass is 35.5. The lowest BCUT2D eigenvalue weighted by Gasteiger charge is -2.30. The topological polar surface area (TPSA) is 34.7 Å². The summed E-state index contributed by atoms with van der Waals surface area (Å²) < 4.78 is -0.234.